The molecule has 1 aliphatic rings. The lowest BCUT2D eigenvalue weighted by atomic mass is 9.98. The Morgan fingerprint density at radius 3 is 3.18 bits per heavy atom. The van der Waals surface area contributed by atoms with Gasteiger partial charge in [-0.25, -0.2) is 4.98 Å². The minimum Gasteiger partial charge on any atom is -0.481 e. The summed E-state index contributed by atoms with van der Waals surface area (Å²) in [4.78, 5) is 8.57. The van der Waals surface area contributed by atoms with E-state index in [4.69, 9.17) is 9.47 Å². The van der Waals surface area contributed by atoms with Gasteiger partial charge in [-0.1, -0.05) is 0 Å². The Morgan fingerprint density at radius 2 is 2.41 bits per heavy atom. The Bertz CT molecular complexity index is 615. The maximum Gasteiger partial charge on any atom is 0.226 e. The number of methoxy groups -OCH3 is 1. The van der Waals surface area contributed by atoms with Crippen LogP contribution in [0.4, 0.5) is 5.95 Å². The fourth-order valence-corrected chi connectivity index (χ4v) is 2.65. The van der Waals surface area contributed by atoms with Gasteiger partial charge in [-0.15, -0.1) is 0 Å². The highest BCUT2D eigenvalue weighted by Crippen LogP contribution is 2.30. The molecular weight excluding hydrogens is 282 g/mol. The van der Waals surface area contributed by atoms with Crippen LogP contribution < -0.4 is 10.1 Å². The Labute approximate surface area is 129 Å². The molecule has 3 rings (SSSR count). The number of anilines is 1. The highest BCUT2D eigenvalue weighted by molar-refractivity contribution is 5.31. The third-order valence-electron chi connectivity index (χ3n) is 3.78. The van der Waals surface area contributed by atoms with Crippen LogP contribution in [0.2, 0.25) is 0 Å². The van der Waals surface area contributed by atoms with Gasteiger partial charge in [0.25, 0.3) is 0 Å². The summed E-state index contributed by atoms with van der Waals surface area (Å²) in [5.74, 6) is 1.10. The van der Waals surface area contributed by atoms with Crippen molar-refractivity contribution in [3.05, 3.63) is 30.2 Å². The van der Waals surface area contributed by atoms with Crippen LogP contribution >= 0.6 is 0 Å². The minimum absolute atomic E-state index is 0.0381. The summed E-state index contributed by atoms with van der Waals surface area (Å²) in [7, 11) is 1.60. The van der Waals surface area contributed by atoms with Crippen molar-refractivity contribution >= 4 is 5.95 Å². The zero-order valence-corrected chi connectivity index (χ0v) is 12.9. The molecule has 7 heteroatoms. The van der Waals surface area contributed by atoms with Crippen molar-refractivity contribution in [2.24, 2.45) is 0 Å². The zero-order valence-electron chi connectivity index (χ0n) is 12.9. The highest BCUT2D eigenvalue weighted by Gasteiger charge is 2.29. The number of hydrogen-bond acceptors (Lipinski definition) is 6. The van der Waals surface area contributed by atoms with Gasteiger partial charge in [0, 0.05) is 37.2 Å². The summed E-state index contributed by atoms with van der Waals surface area (Å²) in [6.45, 7) is 3.68. The van der Waals surface area contributed by atoms with Crippen molar-refractivity contribution in [3.8, 4) is 5.88 Å². The molecule has 2 aromatic heterocycles. The van der Waals surface area contributed by atoms with Crippen molar-refractivity contribution in [2.45, 2.75) is 38.5 Å². The van der Waals surface area contributed by atoms with Crippen LogP contribution in [0.5, 0.6) is 5.88 Å². The number of nitrogens with one attached hydrogen (secondary N) is 1. The van der Waals surface area contributed by atoms with Crippen molar-refractivity contribution < 1.29 is 9.47 Å². The second-order valence-electron chi connectivity index (χ2n) is 5.24. The maximum atomic E-state index is 5.96. The minimum atomic E-state index is -0.0381. The first-order chi connectivity index (χ1) is 10.8. The lowest BCUT2D eigenvalue weighted by Gasteiger charge is -2.31. The largest absolute Gasteiger partial charge is 0.481 e. The van der Waals surface area contributed by atoms with Gasteiger partial charge >= 0.3 is 0 Å². The summed E-state index contributed by atoms with van der Waals surface area (Å²) < 4.78 is 13.0. The maximum absolute atomic E-state index is 5.96. The summed E-state index contributed by atoms with van der Waals surface area (Å²) in [5.41, 5.74) is 1.09. The fraction of sp³-hybridized carbons (Fsp3) is 0.533. The fourth-order valence-electron chi connectivity index (χ4n) is 2.65. The Morgan fingerprint density at radius 1 is 1.50 bits per heavy atom. The van der Waals surface area contributed by atoms with E-state index in [-0.39, 0.29) is 12.1 Å². The lowest BCUT2D eigenvalue weighted by molar-refractivity contribution is 0.00539. The van der Waals surface area contributed by atoms with Crippen LogP contribution in [0.15, 0.2) is 24.7 Å². The molecule has 7 nitrogen and oxygen atoms in total. The predicted octanol–water partition coefficient (Wildman–Crippen LogP) is 2.03. The summed E-state index contributed by atoms with van der Waals surface area (Å²) in [6, 6.07) is 1.85. The smallest absolute Gasteiger partial charge is 0.226 e. The SMILES string of the molecule is CCn1cc([C@H]2OCCC[C@@H]2Nc2nccc(OC)n2)cn1. The van der Waals surface area contributed by atoms with Gasteiger partial charge < -0.3 is 14.8 Å². The van der Waals surface area contributed by atoms with E-state index in [9.17, 15) is 0 Å². The van der Waals surface area contributed by atoms with Gasteiger partial charge in [-0.2, -0.15) is 10.1 Å². The molecule has 0 aromatic carbocycles. The number of aromatic nitrogens is 4. The van der Waals surface area contributed by atoms with Gasteiger partial charge in [-0.05, 0) is 19.8 Å². The van der Waals surface area contributed by atoms with Gasteiger partial charge in [0.2, 0.25) is 11.8 Å². The van der Waals surface area contributed by atoms with Crippen molar-refractivity contribution in [3.63, 3.8) is 0 Å². The van der Waals surface area contributed by atoms with E-state index in [1.165, 1.54) is 0 Å². The lowest BCUT2D eigenvalue weighted by Crippen LogP contribution is -2.34. The van der Waals surface area contributed by atoms with E-state index in [1.807, 2.05) is 17.1 Å². The molecule has 1 saturated heterocycles. The highest BCUT2D eigenvalue weighted by atomic mass is 16.5. The molecule has 3 heterocycles. The number of aryl methyl sites for hydroxylation is 1. The van der Waals surface area contributed by atoms with Crippen LogP contribution in [0.3, 0.4) is 0 Å². The van der Waals surface area contributed by atoms with Crippen molar-refractivity contribution in [2.75, 3.05) is 19.0 Å². The molecule has 2 atom stereocenters. The number of rotatable bonds is 5. The topological polar surface area (TPSA) is 74.1 Å². The van der Waals surface area contributed by atoms with E-state index in [2.05, 4.69) is 27.3 Å². The second kappa shape index (κ2) is 6.74. The van der Waals surface area contributed by atoms with E-state index < -0.39 is 0 Å². The van der Waals surface area contributed by atoms with E-state index >= 15 is 0 Å². The molecule has 0 unspecified atom stereocenters. The zero-order chi connectivity index (χ0) is 15.4. The first-order valence-corrected chi connectivity index (χ1v) is 7.57. The predicted molar refractivity (Wildman–Crippen MR) is 81.8 cm³/mol. The van der Waals surface area contributed by atoms with Gasteiger partial charge in [0.1, 0.15) is 6.10 Å². The first kappa shape index (κ1) is 14.8. The average Bonchev–Trinajstić information content (AvgIpc) is 3.04. The van der Waals surface area contributed by atoms with Gasteiger partial charge in [0.05, 0.1) is 19.3 Å². The molecule has 1 N–H and O–H groups in total. The van der Waals surface area contributed by atoms with Crippen molar-refractivity contribution in [1.29, 1.82) is 0 Å². The van der Waals surface area contributed by atoms with Gasteiger partial charge in [0.15, 0.2) is 0 Å². The Balaban J connectivity index is 1.77. The van der Waals surface area contributed by atoms with Crippen LogP contribution in [-0.4, -0.2) is 39.5 Å². The molecule has 1 aliphatic heterocycles. The summed E-state index contributed by atoms with van der Waals surface area (Å²) in [6.07, 6.45) is 7.58. The second-order valence-corrected chi connectivity index (χ2v) is 5.24. The third kappa shape index (κ3) is 3.19. The van der Waals surface area contributed by atoms with Gasteiger partial charge in [-0.3, -0.25) is 4.68 Å². The molecule has 22 heavy (non-hydrogen) atoms. The molecule has 0 saturated carbocycles. The monoisotopic (exact) mass is 303 g/mol. The molecule has 1 fully saturated rings. The first-order valence-electron chi connectivity index (χ1n) is 7.57. The molecule has 0 radical (unpaired) electrons. The van der Waals surface area contributed by atoms with Crippen LogP contribution in [0, 0.1) is 0 Å². The van der Waals surface area contributed by atoms with E-state index in [0.717, 1.165) is 31.6 Å². The standard InChI is InChI=1S/C15H21N5O2/c1-3-20-10-11(9-17-20)14-12(5-4-8-22-14)18-15-16-7-6-13(19-15)21-2/h6-7,9-10,12,14H,3-5,8H2,1-2H3,(H,16,18,19)/t12-,14+/m0/s1. The van der Waals surface area contributed by atoms with E-state index in [0.29, 0.717) is 11.8 Å². The number of nitrogens with zero attached hydrogens (tertiary/aromatic N) is 4. The van der Waals surface area contributed by atoms with Crippen LogP contribution in [-0.2, 0) is 11.3 Å². The normalized spacial score (nSPS) is 21.5. The molecule has 0 spiro atoms. The van der Waals surface area contributed by atoms with Crippen LogP contribution in [0.25, 0.3) is 0 Å². The molecule has 0 amide bonds. The molecule has 0 aliphatic carbocycles. The van der Waals surface area contributed by atoms with Crippen LogP contribution in [0.1, 0.15) is 31.4 Å². The summed E-state index contributed by atoms with van der Waals surface area (Å²) in [5, 5.41) is 7.70. The molecule has 2 aromatic rings. The molecule has 118 valence electrons. The Kier molecular flexibility index (Phi) is 4.53. The quantitative estimate of drug-likeness (QED) is 0.911. The summed E-state index contributed by atoms with van der Waals surface area (Å²) >= 11 is 0. The molecule has 0 bridgehead atoms. The Hall–Kier alpha value is -2.15. The van der Waals surface area contributed by atoms with E-state index in [1.54, 1.807) is 19.4 Å². The third-order valence-corrected chi connectivity index (χ3v) is 3.78. The number of hydrogen-bond donors (Lipinski definition) is 1. The average molecular weight is 303 g/mol. The number of ether oxygens (including phenoxy) is 2. The van der Waals surface area contributed by atoms with Crippen molar-refractivity contribution in [1.82, 2.24) is 19.7 Å². The molecular formula is C15H21N5O2.